The second-order valence-electron chi connectivity index (χ2n) is 4.74. The van der Waals surface area contributed by atoms with Gasteiger partial charge in [-0.05, 0) is 25.3 Å². The first kappa shape index (κ1) is 15.7. The van der Waals surface area contributed by atoms with Gasteiger partial charge in [0.2, 0.25) is 0 Å². The summed E-state index contributed by atoms with van der Waals surface area (Å²) in [6, 6.07) is 9.39. The zero-order valence-electron chi connectivity index (χ0n) is 12.1. The van der Waals surface area contributed by atoms with Gasteiger partial charge in [-0.25, -0.2) is 0 Å². The largest absolute Gasteiger partial charge is 0.466 e. The molecule has 0 aliphatic carbocycles. The zero-order chi connectivity index (χ0) is 14.3. The van der Waals surface area contributed by atoms with Crippen molar-refractivity contribution in [3.63, 3.8) is 0 Å². The third-order valence-electron chi connectivity index (χ3n) is 3.54. The van der Waals surface area contributed by atoms with Crippen molar-refractivity contribution in [2.45, 2.75) is 45.6 Å². The maximum atomic E-state index is 12.1. The van der Waals surface area contributed by atoms with E-state index in [0.717, 1.165) is 12.0 Å². The van der Waals surface area contributed by atoms with Crippen molar-refractivity contribution in [3.05, 3.63) is 35.9 Å². The van der Waals surface area contributed by atoms with E-state index in [0.29, 0.717) is 19.4 Å². The summed E-state index contributed by atoms with van der Waals surface area (Å²) < 4.78 is 5.13. The van der Waals surface area contributed by atoms with Gasteiger partial charge in [0.15, 0.2) is 0 Å². The van der Waals surface area contributed by atoms with E-state index in [1.54, 1.807) is 6.92 Å². The second-order valence-corrected chi connectivity index (χ2v) is 4.74. The third-order valence-corrected chi connectivity index (χ3v) is 3.54. The van der Waals surface area contributed by atoms with Gasteiger partial charge in [-0.15, -0.1) is 0 Å². The van der Waals surface area contributed by atoms with Gasteiger partial charge in [0.25, 0.3) is 0 Å². The lowest BCUT2D eigenvalue weighted by Crippen LogP contribution is -2.40. The van der Waals surface area contributed by atoms with Crippen LogP contribution in [0.15, 0.2) is 30.3 Å². The molecule has 0 amide bonds. The molecular formula is C16H24O3. The van der Waals surface area contributed by atoms with Crippen molar-refractivity contribution in [3.8, 4) is 0 Å². The van der Waals surface area contributed by atoms with Crippen molar-refractivity contribution < 1.29 is 14.6 Å². The van der Waals surface area contributed by atoms with Crippen LogP contribution in [0.5, 0.6) is 0 Å². The first-order chi connectivity index (χ1) is 9.10. The van der Waals surface area contributed by atoms with Crippen molar-refractivity contribution in [2.24, 2.45) is 5.92 Å². The van der Waals surface area contributed by atoms with Crippen LogP contribution in [0.1, 0.15) is 45.6 Å². The van der Waals surface area contributed by atoms with Gasteiger partial charge >= 0.3 is 5.97 Å². The van der Waals surface area contributed by atoms with Crippen LogP contribution in [0, 0.1) is 5.92 Å². The first-order valence-electron chi connectivity index (χ1n) is 7.04. The summed E-state index contributed by atoms with van der Waals surface area (Å²) in [5.41, 5.74) is -0.368. The average Bonchev–Trinajstić information content (AvgIpc) is 2.45. The number of carbonyl (C=O) groups excluding carboxylic acids is 1. The molecule has 0 aliphatic rings. The quantitative estimate of drug-likeness (QED) is 0.769. The van der Waals surface area contributed by atoms with Crippen LogP contribution in [0.4, 0.5) is 0 Å². The van der Waals surface area contributed by atoms with Crippen LogP contribution >= 0.6 is 0 Å². The summed E-state index contributed by atoms with van der Waals surface area (Å²) in [6.45, 7) is 6.03. The van der Waals surface area contributed by atoms with Crippen LogP contribution in [-0.2, 0) is 15.1 Å². The fourth-order valence-electron chi connectivity index (χ4n) is 2.46. The van der Waals surface area contributed by atoms with Crippen molar-refractivity contribution in [2.75, 3.05) is 6.61 Å². The predicted molar refractivity (Wildman–Crippen MR) is 75.7 cm³/mol. The van der Waals surface area contributed by atoms with Gasteiger partial charge in [0.05, 0.1) is 12.5 Å². The molecule has 0 fully saturated rings. The lowest BCUT2D eigenvalue weighted by Gasteiger charge is -2.34. The van der Waals surface area contributed by atoms with Gasteiger partial charge < -0.3 is 9.84 Å². The lowest BCUT2D eigenvalue weighted by molar-refractivity contribution is -0.160. The smallest absolute Gasteiger partial charge is 0.312 e. The summed E-state index contributed by atoms with van der Waals surface area (Å²) in [6.07, 6.45) is 1.94. The van der Waals surface area contributed by atoms with Gasteiger partial charge in [-0.1, -0.05) is 50.6 Å². The molecule has 106 valence electrons. The Labute approximate surface area is 115 Å². The molecule has 0 heterocycles. The molecule has 1 aromatic rings. The minimum atomic E-state index is -1.15. The maximum absolute atomic E-state index is 12.1. The number of hydrogen-bond donors (Lipinski definition) is 1. The number of benzene rings is 1. The molecule has 0 spiro atoms. The van der Waals surface area contributed by atoms with Gasteiger partial charge in [0.1, 0.15) is 5.60 Å². The molecule has 2 unspecified atom stereocenters. The fourth-order valence-corrected chi connectivity index (χ4v) is 2.46. The Balaban J connectivity index is 3.11. The van der Waals surface area contributed by atoms with Crippen LogP contribution in [0.3, 0.4) is 0 Å². The highest BCUT2D eigenvalue weighted by Gasteiger charge is 2.41. The van der Waals surface area contributed by atoms with E-state index >= 15 is 0 Å². The predicted octanol–water partition coefficient (Wildman–Crippen LogP) is 3.26. The molecule has 1 N–H and O–H groups in total. The number of hydrogen-bond acceptors (Lipinski definition) is 3. The summed E-state index contributed by atoms with van der Waals surface area (Å²) in [5.74, 6) is -0.817. The highest BCUT2D eigenvalue weighted by Crippen LogP contribution is 2.36. The van der Waals surface area contributed by atoms with E-state index in [-0.39, 0.29) is 5.97 Å². The molecule has 3 nitrogen and oxygen atoms in total. The fraction of sp³-hybridized carbons (Fsp3) is 0.562. The third kappa shape index (κ3) is 3.57. The molecule has 1 aromatic carbocycles. The van der Waals surface area contributed by atoms with Crippen LogP contribution in [-0.4, -0.2) is 17.7 Å². The normalized spacial score (nSPS) is 15.6. The molecule has 0 aromatic heterocycles. The molecule has 19 heavy (non-hydrogen) atoms. The van der Waals surface area contributed by atoms with Crippen LogP contribution < -0.4 is 0 Å². The minimum Gasteiger partial charge on any atom is -0.466 e. The van der Waals surface area contributed by atoms with Gasteiger partial charge in [0, 0.05) is 0 Å². The summed E-state index contributed by atoms with van der Waals surface area (Å²) >= 11 is 0. The Kier molecular flexibility index (Phi) is 6.03. The van der Waals surface area contributed by atoms with E-state index in [1.165, 1.54) is 0 Å². The van der Waals surface area contributed by atoms with E-state index in [9.17, 15) is 9.90 Å². The average molecular weight is 264 g/mol. The van der Waals surface area contributed by atoms with Crippen molar-refractivity contribution >= 4 is 5.97 Å². The number of carbonyl (C=O) groups is 1. The second kappa shape index (κ2) is 7.29. The summed E-state index contributed by atoms with van der Waals surface area (Å²) in [4.78, 5) is 12.1. The number of aliphatic hydroxyl groups is 1. The molecule has 0 radical (unpaired) electrons. The van der Waals surface area contributed by atoms with Gasteiger partial charge in [-0.3, -0.25) is 4.79 Å². The van der Waals surface area contributed by atoms with Crippen molar-refractivity contribution in [1.82, 2.24) is 0 Å². The van der Waals surface area contributed by atoms with Crippen LogP contribution in [0.2, 0.25) is 0 Å². The molecule has 3 heteroatoms. The Morgan fingerprint density at radius 3 is 2.37 bits per heavy atom. The molecule has 0 bridgehead atoms. The highest BCUT2D eigenvalue weighted by molar-refractivity contribution is 5.74. The van der Waals surface area contributed by atoms with Gasteiger partial charge in [-0.2, -0.15) is 0 Å². The Bertz CT molecular complexity index is 388. The molecule has 0 saturated heterocycles. The highest BCUT2D eigenvalue weighted by atomic mass is 16.5. The molecule has 2 atom stereocenters. The monoisotopic (exact) mass is 264 g/mol. The standard InChI is InChI=1S/C16H24O3/c1-4-10-14(15(17)19-6-3)16(18,5-2)13-11-8-7-9-12-13/h7-9,11-12,14,18H,4-6,10H2,1-3H3. The topological polar surface area (TPSA) is 46.5 Å². The summed E-state index contributed by atoms with van der Waals surface area (Å²) in [5, 5.41) is 11.0. The number of esters is 1. The number of ether oxygens (including phenoxy) is 1. The Morgan fingerprint density at radius 1 is 1.26 bits per heavy atom. The SMILES string of the molecule is CCCC(C(=O)OCC)C(O)(CC)c1ccccc1. The summed E-state index contributed by atoms with van der Waals surface area (Å²) in [7, 11) is 0. The lowest BCUT2D eigenvalue weighted by atomic mass is 9.77. The van der Waals surface area contributed by atoms with Crippen molar-refractivity contribution in [1.29, 1.82) is 0 Å². The molecule has 1 rings (SSSR count). The first-order valence-corrected chi connectivity index (χ1v) is 7.04. The number of rotatable bonds is 7. The van der Waals surface area contributed by atoms with Crippen LogP contribution in [0.25, 0.3) is 0 Å². The Hall–Kier alpha value is -1.35. The van der Waals surface area contributed by atoms with E-state index in [4.69, 9.17) is 4.74 Å². The van der Waals surface area contributed by atoms with E-state index < -0.39 is 11.5 Å². The van der Waals surface area contributed by atoms with E-state index in [2.05, 4.69) is 0 Å². The molecule has 0 saturated carbocycles. The minimum absolute atomic E-state index is 0.308. The molecular weight excluding hydrogens is 240 g/mol. The Morgan fingerprint density at radius 2 is 1.89 bits per heavy atom. The maximum Gasteiger partial charge on any atom is 0.312 e. The molecule has 0 aliphatic heterocycles. The van der Waals surface area contributed by atoms with E-state index in [1.807, 2.05) is 44.2 Å². The zero-order valence-corrected chi connectivity index (χ0v) is 12.1.